The fraction of sp³-hybridized carbons (Fsp3) is 0.391. The van der Waals surface area contributed by atoms with Crippen LogP contribution in [0.3, 0.4) is 0 Å². The molecule has 0 aliphatic carbocycles. The van der Waals surface area contributed by atoms with Gasteiger partial charge < -0.3 is 18.4 Å². The van der Waals surface area contributed by atoms with E-state index in [1.165, 1.54) is 26.0 Å². The first kappa shape index (κ1) is 22.2. The monoisotopic (exact) mass is 430 g/mol. The van der Waals surface area contributed by atoms with Crippen molar-refractivity contribution in [3.8, 4) is 5.75 Å². The Hall–Kier alpha value is -2.51. The minimum atomic E-state index is -1.30. The Labute approximate surface area is 178 Å². The number of carbonyl (C=O) groups excluding carboxylic acids is 1. The molecule has 7 heteroatoms. The molecule has 0 saturated heterocycles. The van der Waals surface area contributed by atoms with Gasteiger partial charge >= 0.3 is 5.97 Å². The van der Waals surface area contributed by atoms with E-state index in [0.717, 1.165) is 19.3 Å². The lowest BCUT2D eigenvalue weighted by atomic mass is 10.1. The first-order chi connectivity index (χ1) is 14.5. The molecular formula is C23H26O6S. The van der Waals surface area contributed by atoms with Crippen molar-refractivity contribution in [3.05, 3.63) is 46.1 Å². The van der Waals surface area contributed by atoms with Crippen LogP contribution in [-0.2, 0) is 15.9 Å². The summed E-state index contributed by atoms with van der Waals surface area (Å²) in [6.45, 7) is 2.65. The molecule has 2 aromatic carbocycles. The lowest BCUT2D eigenvalue weighted by Gasteiger charge is -2.12. The second-order valence-corrected chi connectivity index (χ2v) is 8.53. The van der Waals surface area contributed by atoms with Gasteiger partial charge in [0.15, 0.2) is 16.2 Å². The van der Waals surface area contributed by atoms with Crippen LogP contribution in [0.25, 0.3) is 21.9 Å². The summed E-state index contributed by atoms with van der Waals surface area (Å²) in [5.41, 5.74) is 0.618. The maximum Gasteiger partial charge on any atom is 0.337 e. The summed E-state index contributed by atoms with van der Waals surface area (Å²) in [6.07, 6.45) is 7.03. The van der Waals surface area contributed by atoms with Crippen molar-refractivity contribution in [2.24, 2.45) is 0 Å². The smallest absolute Gasteiger partial charge is 0.337 e. The van der Waals surface area contributed by atoms with Crippen LogP contribution >= 0.6 is 0 Å². The van der Waals surface area contributed by atoms with Crippen molar-refractivity contribution >= 4 is 39.1 Å². The average molecular weight is 431 g/mol. The topological polar surface area (TPSA) is 88.8 Å². The first-order valence-corrected chi connectivity index (χ1v) is 11.6. The van der Waals surface area contributed by atoms with Gasteiger partial charge in [-0.2, -0.15) is 0 Å². The second kappa shape index (κ2) is 10.00. The number of unbranched alkanes of at least 4 members (excludes halogenated alkanes) is 4. The van der Waals surface area contributed by atoms with Gasteiger partial charge in [-0.1, -0.05) is 32.6 Å². The number of benzene rings is 2. The summed E-state index contributed by atoms with van der Waals surface area (Å²) in [6, 6.07) is 7.81. The highest BCUT2D eigenvalue weighted by molar-refractivity contribution is 7.90. The zero-order valence-corrected chi connectivity index (χ0v) is 18.3. The average Bonchev–Trinajstić information content (AvgIpc) is 2.75. The Kier molecular flexibility index (Phi) is 7.39. The van der Waals surface area contributed by atoms with E-state index in [2.05, 4.69) is 6.92 Å². The zero-order chi connectivity index (χ0) is 21.7. The number of hydrogen-bond acceptors (Lipinski definition) is 6. The van der Waals surface area contributed by atoms with Crippen LogP contribution in [0.1, 0.15) is 49.4 Å². The van der Waals surface area contributed by atoms with Gasteiger partial charge in [-0.05, 0) is 35.8 Å². The van der Waals surface area contributed by atoms with Gasteiger partial charge in [-0.15, -0.1) is 0 Å². The van der Waals surface area contributed by atoms with Gasteiger partial charge in [0.25, 0.3) is 0 Å². The van der Waals surface area contributed by atoms with E-state index in [-0.39, 0.29) is 21.8 Å². The van der Waals surface area contributed by atoms with Crippen molar-refractivity contribution in [1.82, 2.24) is 0 Å². The normalized spacial score (nSPS) is 12.3. The van der Waals surface area contributed by atoms with Gasteiger partial charge in [-0.25, -0.2) is 4.79 Å². The van der Waals surface area contributed by atoms with Crippen molar-refractivity contribution in [2.75, 3.05) is 20.0 Å². The highest BCUT2D eigenvalue weighted by Crippen LogP contribution is 2.31. The molecule has 0 N–H and O–H groups in total. The Bertz CT molecular complexity index is 1100. The minimum absolute atomic E-state index is 0.259. The third kappa shape index (κ3) is 4.79. The molecule has 0 radical (unpaired) electrons. The maximum absolute atomic E-state index is 13.2. The molecule has 0 amide bonds. The summed E-state index contributed by atoms with van der Waals surface area (Å²) < 4.78 is 28.8. The zero-order valence-electron chi connectivity index (χ0n) is 17.5. The summed E-state index contributed by atoms with van der Waals surface area (Å²) in [4.78, 5) is 25.5. The van der Waals surface area contributed by atoms with E-state index in [0.29, 0.717) is 28.4 Å². The molecule has 0 fully saturated rings. The van der Waals surface area contributed by atoms with Gasteiger partial charge in [-0.3, -0.25) is 4.79 Å². The number of methoxy groups -OCH3 is 1. The number of esters is 1. The highest BCUT2D eigenvalue weighted by atomic mass is 32.2. The van der Waals surface area contributed by atoms with Crippen LogP contribution in [-0.4, -0.2) is 30.5 Å². The molecule has 3 aromatic rings. The molecule has 0 saturated carbocycles. The fourth-order valence-corrected chi connectivity index (χ4v) is 3.86. The molecule has 1 atom stereocenters. The number of fused-ring (bicyclic) bond motifs is 2. The fourth-order valence-electron chi connectivity index (χ4n) is 3.31. The molecule has 30 heavy (non-hydrogen) atoms. The largest absolute Gasteiger partial charge is 0.612 e. The van der Waals surface area contributed by atoms with E-state index in [1.54, 1.807) is 30.5 Å². The number of hydrogen-bond donors (Lipinski definition) is 0. The van der Waals surface area contributed by atoms with Crippen LogP contribution in [0.15, 0.2) is 44.4 Å². The van der Waals surface area contributed by atoms with E-state index >= 15 is 0 Å². The SMILES string of the molecule is CCCCCCCOc1cc([S+](C)[O-])cc2c(=O)c3cc(C(=O)OC)ccc3oc12. The van der Waals surface area contributed by atoms with E-state index in [9.17, 15) is 14.1 Å². The molecular weight excluding hydrogens is 404 g/mol. The van der Waals surface area contributed by atoms with Crippen molar-refractivity contribution in [1.29, 1.82) is 0 Å². The van der Waals surface area contributed by atoms with Crippen molar-refractivity contribution in [3.63, 3.8) is 0 Å². The third-order valence-electron chi connectivity index (χ3n) is 4.97. The third-order valence-corrected chi connectivity index (χ3v) is 5.87. The van der Waals surface area contributed by atoms with Crippen LogP contribution in [0.2, 0.25) is 0 Å². The van der Waals surface area contributed by atoms with Gasteiger partial charge in [0.2, 0.25) is 5.43 Å². The Balaban J connectivity index is 2.05. The van der Waals surface area contributed by atoms with E-state index in [4.69, 9.17) is 13.9 Å². The molecule has 1 unspecified atom stereocenters. The van der Waals surface area contributed by atoms with E-state index in [1.807, 2.05) is 0 Å². The van der Waals surface area contributed by atoms with E-state index < -0.39 is 17.1 Å². The number of carbonyl (C=O) groups is 1. The van der Waals surface area contributed by atoms with Crippen molar-refractivity contribution in [2.45, 2.75) is 43.9 Å². The van der Waals surface area contributed by atoms with Gasteiger partial charge in [0, 0.05) is 12.1 Å². The predicted octanol–water partition coefficient (Wildman–Crippen LogP) is 4.82. The van der Waals surface area contributed by atoms with Crippen LogP contribution in [0.5, 0.6) is 5.75 Å². The summed E-state index contributed by atoms with van der Waals surface area (Å²) in [5.74, 6) is -0.129. The Morgan fingerprint density at radius 1 is 1.10 bits per heavy atom. The lowest BCUT2D eigenvalue weighted by Crippen LogP contribution is -2.09. The quantitative estimate of drug-likeness (QED) is 0.209. The number of ether oxygens (including phenoxy) is 2. The Morgan fingerprint density at radius 2 is 1.87 bits per heavy atom. The van der Waals surface area contributed by atoms with Gasteiger partial charge in [0.1, 0.15) is 11.8 Å². The van der Waals surface area contributed by atoms with Crippen LogP contribution < -0.4 is 10.2 Å². The summed E-state index contributed by atoms with van der Waals surface area (Å²) in [7, 11) is 1.28. The molecule has 0 aliphatic rings. The summed E-state index contributed by atoms with van der Waals surface area (Å²) >= 11 is -1.30. The minimum Gasteiger partial charge on any atom is -0.612 e. The molecule has 0 bridgehead atoms. The maximum atomic E-state index is 13.2. The summed E-state index contributed by atoms with van der Waals surface area (Å²) in [5, 5.41) is 0.535. The standard InChI is InChI=1S/C23H26O6S/c1-4-5-6-7-8-11-28-20-14-16(30(3)26)13-18-21(24)17-12-15(23(25)27-2)9-10-19(17)29-22(18)20/h9-10,12-14H,4-8,11H2,1-3H3. The molecule has 3 rings (SSSR count). The molecule has 0 aliphatic heterocycles. The lowest BCUT2D eigenvalue weighted by molar-refractivity contribution is 0.0601. The molecule has 160 valence electrons. The molecule has 0 spiro atoms. The second-order valence-electron chi connectivity index (χ2n) is 7.15. The van der Waals surface area contributed by atoms with Crippen LogP contribution in [0.4, 0.5) is 0 Å². The number of rotatable bonds is 9. The molecule has 1 aromatic heterocycles. The first-order valence-electron chi connectivity index (χ1n) is 10.1. The highest BCUT2D eigenvalue weighted by Gasteiger charge is 2.19. The predicted molar refractivity (Wildman–Crippen MR) is 118 cm³/mol. The molecule has 1 heterocycles. The van der Waals surface area contributed by atoms with Crippen molar-refractivity contribution < 1.29 is 23.2 Å². The Morgan fingerprint density at radius 3 is 2.57 bits per heavy atom. The molecule has 6 nitrogen and oxygen atoms in total. The van der Waals surface area contributed by atoms with Gasteiger partial charge in [0.05, 0.1) is 30.1 Å². The van der Waals surface area contributed by atoms with Crippen LogP contribution in [0, 0.1) is 0 Å².